The number of nitrogens with zero attached hydrogens (tertiary/aromatic N) is 2. The van der Waals surface area contributed by atoms with Crippen LogP contribution in [-0.4, -0.2) is 50.0 Å². The second-order valence-corrected chi connectivity index (χ2v) is 10.9. The lowest BCUT2D eigenvalue weighted by atomic mass is 10.1. The van der Waals surface area contributed by atoms with E-state index in [0.717, 1.165) is 12.1 Å². The van der Waals surface area contributed by atoms with Crippen LogP contribution in [0.3, 0.4) is 0 Å². The van der Waals surface area contributed by atoms with Crippen molar-refractivity contribution in [3.63, 3.8) is 0 Å². The lowest BCUT2D eigenvalue weighted by Crippen LogP contribution is -2.07. The van der Waals surface area contributed by atoms with Gasteiger partial charge in [0.25, 0.3) is 30.4 Å². The first-order chi connectivity index (χ1) is 15.5. The Morgan fingerprint density at radius 2 is 1.24 bits per heavy atom. The first-order valence-corrected chi connectivity index (χ1v) is 12.9. The van der Waals surface area contributed by atoms with Gasteiger partial charge in [-0.1, -0.05) is 0 Å². The van der Waals surface area contributed by atoms with Crippen LogP contribution in [0.25, 0.3) is 10.8 Å². The van der Waals surface area contributed by atoms with E-state index in [0.29, 0.717) is 18.2 Å². The standard InChI is InChI=1S/C17H13N3O11S3/c18-14-2-1-8(3-13(14)17(21)22)19-20-9-4-11-12(15(5-9)33(26,27)28)6-10(32(23,24)25)7-16(11)34(29,30)31/h1-7H,18H2,(H,21,22)(H,23,24,25)(H,26,27,28)(H,29,30,31)/b20-19+. The molecule has 3 aromatic rings. The lowest BCUT2D eigenvalue weighted by molar-refractivity contribution is 0.0698. The Morgan fingerprint density at radius 3 is 1.76 bits per heavy atom. The third kappa shape index (κ3) is 5.19. The van der Waals surface area contributed by atoms with Gasteiger partial charge < -0.3 is 10.8 Å². The quantitative estimate of drug-likeness (QED) is 0.174. The summed E-state index contributed by atoms with van der Waals surface area (Å²) in [6.07, 6.45) is 0. The topological polar surface area (TPSA) is 251 Å². The minimum atomic E-state index is -5.18. The molecule has 0 unspecified atom stereocenters. The van der Waals surface area contributed by atoms with Crippen LogP contribution < -0.4 is 5.73 Å². The van der Waals surface area contributed by atoms with Gasteiger partial charge in [-0.2, -0.15) is 35.5 Å². The summed E-state index contributed by atoms with van der Waals surface area (Å²) in [5.41, 5.74) is 4.73. The van der Waals surface area contributed by atoms with Crippen LogP contribution in [0.2, 0.25) is 0 Å². The normalized spacial score (nSPS) is 12.9. The minimum absolute atomic E-state index is 0.0446. The van der Waals surface area contributed by atoms with Crippen molar-refractivity contribution in [2.24, 2.45) is 10.2 Å². The Hall–Kier alpha value is -3.48. The maximum Gasteiger partial charge on any atom is 0.337 e. The molecule has 6 N–H and O–H groups in total. The fourth-order valence-electron chi connectivity index (χ4n) is 2.90. The molecule has 0 spiro atoms. The summed E-state index contributed by atoms with van der Waals surface area (Å²) in [5.74, 6) is -1.36. The Labute approximate surface area is 191 Å². The van der Waals surface area contributed by atoms with Crippen LogP contribution >= 0.6 is 0 Å². The largest absolute Gasteiger partial charge is 0.478 e. The number of benzene rings is 3. The molecule has 0 aliphatic rings. The number of aromatic carboxylic acids is 1. The Bertz CT molecular complexity index is 1710. The third-order valence-corrected chi connectivity index (χ3v) is 6.97. The Kier molecular flexibility index (Phi) is 6.20. The number of nitrogen functional groups attached to an aromatic ring is 1. The molecule has 0 saturated heterocycles. The van der Waals surface area contributed by atoms with Gasteiger partial charge in [0.05, 0.1) is 21.8 Å². The first-order valence-electron chi connectivity index (χ1n) is 8.57. The second-order valence-electron chi connectivity index (χ2n) is 6.66. The van der Waals surface area contributed by atoms with E-state index in [2.05, 4.69) is 10.2 Å². The molecule has 180 valence electrons. The van der Waals surface area contributed by atoms with E-state index in [1.54, 1.807) is 0 Å². The molecule has 0 bridgehead atoms. The van der Waals surface area contributed by atoms with E-state index in [-0.39, 0.29) is 16.9 Å². The van der Waals surface area contributed by atoms with Gasteiger partial charge in [0.1, 0.15) is 9.79 Å². The lowest BCUT2D eigenvalue weighted by Gasteiger charge is -2.11. The molecule has 0 aliphatic carbocycles. The molecule has 0 heterocycles. The predicted molar refractivity (Wildman–Crippen MR) is 115 cm³/mol. The molecule has 0 aromatic heterocycles. The number of nitrogens with two attached hydrogens (primary N) is 1. The zero-order chi connectivity index (χ0) is 25.6. The Morgan fingerprint density at radius 1 is 0.706 bits per heavy atom. The zero-order valence-corrected chi connectivity index (χ0v) is 18.8. The minimum Gasteiger partial charge on any atom is -0.478 e. The number of carboxylic acid groups (broad SMARTS) is 1. The van der Waals surface area contributed by atoms with Crippen molar-refractivity contribution in [3.8, 4) is 0 Å². The van der Waals surface area contributed by atoms with Gasteiger partial charge >= 0.3 is 5.97 Å². The highest BCUT2D eigenvalue weighted by molar-refractivity contribution is 7.87. The molecule has 0 atom stereocenters. The summed E-state index contributed by atoms with van der Waals surface area (Å²) in [5, 5.41) is 15.3. The van der Waals surface area contributed by atoms with Crippen LogP contribution in [0.1, 0.15) is 10.4 Å². The maximum absolute atomic E-state index is 11.9. The van der Waals surface area contributed by atoms with Gasteiger partial charge in [0.2, 0.25) is 0 Å². The molecular formula is C17H13N3O11S3. The third-order valence-electron chi connectivity index (χ3n) is 4.35. The number of hydrogen-bond acceptors (Lipinski definition) is 10. The van der Waals surface area contributed by atoms with E-state index < -0.39 is 67.5 Å². The van der Waals surface area contributed by atoms with Gasteiger partial charge in [-0.25, -0.2) is 4.79 Å². The van der Waals surface area contributed by atoms with E-state index in [1.165, 1.54) is 12.1 Å². The van der Waals surface area contributed by atoms with Crippen molar-refractivity contribution in [2.75, 3.05) is 5.73 Å². The van der Waals surface area contributed by atoms with Crippen LogP contribution in [0.4, 0.5) is 17.1 Å². The summed E-state index contributed by atoms with van der Waals surface area (Å²) in [6, 6.07) is 6.10. The maximum atomic E-state index is 11.9. The van der Waals surface area contributed by atoms with E-state index in [4.69, 9.17) is 10.8 Å². The van der Waals surface area contributed by atoms with Crippen LogP contribution in [0.15, 0.2) is 67.4 Å². The van der Waals surface area contributed by atoms with Crippen molar-refractivity contribution >= 4 is 64.2 Å². The fraction of sp³-hybridized carbons (Fsp3) is 0. The number of carboxylic acids is 1. The monoisotopic (exact) mass is 531 g/mol. The van der Waals surface area contributed by atoms with Crippen LogP contribution in [0.5, 0.6) is 0 Å². The van der Waals surface area contributed by atoms with Gasteiger partial charge in [-0.05, 0) is 42.5 Å². The van der Waals surface area contributed by atoms with Crippen molar-refractivity contribution in [3.05, 3.63) is 48.0 Å². The molecule has 0 amide bonds. The average Bonchev–Trinajstić information content (AvgIpc) is 2.69. The Balaban J connectivity index is 2.35. The van der Waals surface area contributed by atoms with Crippen LogP contribution in [0, 0.1) is 0 Å². The molecule has 3 aromatic carbocycles. The van der Waals surface area contributed by atoms with Crippen LogP contribution in [-0.2, 0) is 30.4 Å². The highest BCUT2D eigenvalue weighted by Crippen LogP contribution is 2.36. The molecule has 3 rings (SSSR count). The molecule has 0 radical (unpaired) electrons. The zero-order valence-electron chi connectivity index (χ0n) is 16.4. The van der Waals surface area contributed by atoms with Gasteiger partial charge in [-0.3, -0.25) is 13.7 Å². The summed E-state index contributed by atoms with van der Waals surface area (Å²) in [6.45, 7) is 0. The molecule has 14 nitrogen and oxygen atoms in total. The highest BCUT2D eigenvalue weighted by atomic mass is 32.2. The summed E-state index contributed by atoms with van der Waals surface area (Å²) in [7, 11) is -15.4. The van der Waals surface area contributed by atoms with E-state index in [1.807, 2.05) is 0 Å². The fourth-order valence-corrected chi connectivity index (χ4v) is 4.94. The molecule has 17 heteroatoms. The van der Waals surface area contributed by atoms with Crippen molar-refractivity contribution < 1.29 is 48.8 Å². The van der Waals surface area contributed by atoms with Gasteiger partial charge in [0.15, 0.2) is 0 Å². The van der Waals surface area contributed by atoms with Gasteiger partial charge in [0, 0.05) is 16.5 Å². The molecule has 34 heavy (non-hydrogen) atoms. The highest BCUT2D eigenvalue weighted by Gasteiger charge is 2.25. The second kappa shape index (κ2) is 8.38. The average molecular weight is 532 g/mol. The van der Waals surface area contributed by atoms with Crippen molar-refractivity contribution in [1.29, 1.82) is 0 Å². The molecular weight excluding hydrogens is 518 g/mol. The number of azo groups is 1. The van der Waals surface area contributed by atoms with E-state index >= 15 is 0 Å². The molecule has 0 saturated carbocycles. The van der Waals surface area contributed by atoms with Gasteiger partial charge in [-0.15, -0.1) is 0 Å². The number of anilines is 1. The number of hydrogen-bond donors (Lipinski definition) is 5. The smallest absolute Gasteiger partial charge is 0.337 e. The summed E-state index contributed by atoms with van der Waals surface area (Å²) >= 11 is 0. The number of rotatable bonds is 6. The van der Waals surface area contributed by atoms with Crippen molar-refractivity contribution in [1.82, 2.24) is 0 Å². The van der Waals surface area contributed by atoms with E-state index in [9.17, 15) is 43.7 Å². The molecule has 0 aliphatic heterocycles. The molecule has 0 fully saturated rings. The first kappa shape index (κ1) is 25.1. The predicted octanol–water partition coefficient (Wildman–Crippen LogP) is 2.28. The summed E-state index contributed by atoms with van der Waals surface area (Å²) < 4.78 is 99.1. The number of carbonyl (C=O) groups is 1. The van der Waals surface area contributed by atoms with Crippen molar-refractivity contribution in [2.45, 2.75) is 14.7 Å². The number of fused-ring (bicyclic) bond motifs is 1. The SMILES string of the molecule is Nc1ccc(/N=N/c2cc(S(=O)(=O)O)c3cc(S(=O)(=O)O)cc(S(=O)(=O)O)c3c2)cc1C(=O)O. The summed E-state index contributed by atoms with van der Waals surface area (Å²) in [4.78, 5) is 7.99.